The van der Waals surface area contributed by atoms with Crippen molar-refractivity contribution in [1.29, 1.82) is 0 Å². The van der Waals surface area contributed by atoms with E-state index in [1.807, 2.05) is 31.2 Å². The Balaban J connectivity index is 1.92. The molecule has 170 valence electrons. The van der Waals surface area contributed by atoms with Gasteiger partial charge in [-0.2, -0.15) is 8.78 Å². The highest BCUT2D eigenvalue weighted by molar-refractivity contribution is 5.84. The molecule has 0 aliphatic rings. The Hall–Kier alpha value is -2.81. The number of para-hydroxylation sites is 1. The third-order valence-electron chi connectivity index (χ3n) is 4.55. The van der Waals surface area contributed by atoms with E-state index in [2.05, 4.69) is 10.6 Å². The van der Waals surface area contributed by atoms with Gasteiger partial charge in [0.1, 0.15) is 18.4 Å². The first kappa shape index (κ1) is 24.5. The normalized spacial score (nSPS) is 13.5. The van der Waals surface area contributed by atoms with Crippen LogP contribution in [-0.4, -0.2) is 38.0 Å². The molecule has 0 aromatic heterocycles. The van der Waals surface area contributed by atoms with Gasteiger partial charge in [0, 0.05) is 11.3 Å². The largest absolute Gasteiger partial charge is 0.496 e. The first-order valence-electron chi connectivity index (χ1n) is 9.66. The van der Waals surface area contributed by atoms with Crippen LogP contribution in [0.4, 0.5) is 23.2 Å². The minimum absolute atomic E-state index is 0.253. The minimum atomic E-state index is -4.19. The van der Waals surface area contributed by atoms with Crippen LogP contribution in [0.3, 0.4) is 0 Å². The van der Waals surface area contributed by atoms with Crippen LogP contribution in [0.5, 0.6) is 5.75 Å². The average molecular weight is 442 g/mol. The number of halogens is 4. The van der Waals surface area contributed by atoms with Gasteiger partial charge in [-0.25, -0.2) is 8.78 Å². The fourth-order valence-electron chi connectivity index (χ4n) is 2.87. The zero-order valence-corrected chi connectivity index (χ0v) is 17.5. The van der Waals surface area contributed by atoms with Crippen LogP contribution in [0.1, 0.15) is 31.0 Å². The highest BCUT2D eigenvalue weighted by Gasteiger charge is 2.40. The maximum atomic E-state index is 12.9. The highest BCUT2D eigenvalue weighted by atomic mass is 19.3. The number of nitrogens with one attached hydrogen (secondary N) is 2. The summed E-state index contributed by atoms with van der Waals surface area (Å²) in [4.78, 5) is 12.6. The number of amides is 1. The molecule has 0 radical (unpaired) electrons. The Morgan fingerprint density at radius 3 is 2.48 bits per heavy atom. The summed E-state index contributed by atoms with van der Waals surface area (Å²) in [5, 5.41) is 5.93. The predicted octanol–water partition coefficient (Wildman–Crippen LogP) is 4.79. The van der Waals surface area contributed by atoms with Crippen LogP contribution >= 0.6 is 0 Å². The second-order valence-electron chi connectivity index (χ2n) is 7.09. The van der Waals surface area contributed by atoms with E-state index in [-0.39, 0.29) is 18.6 Å². The monoisotopic (exact) mass is 442 g/mol. The second-order valence-corrected chi connectivity index (χ2v) is 7.09. The molecule has 1 amide bonds. The zero-order chi connectivity index (χ0) is 23.0. The summed E-state index contributed by atoms with van der Waals surface area (Å²) in [7, 11) is 1.56. The maximum Gasteiger partial charge on any atom is 0.330 e. The van der Waals surface area contributed by atoms with Crippen molar-refractivity contribution < 1.29 is 31.8 Å². The molecule has 2 aromatic carbocycles. The molecule has 2 N–H and O–H groups in total. The van der Waals surface area contributed by atoms with Crippen molar-refractivity contribution in [1.82, 2.24) is 5.32 Å². The lowest BCUT2D eigenvalue weighted by molar-refractivity contribution is -0.168. The second kappa shape index (κ2) is 11.0. The topological polar surface area (TPSA) is 59.6 Å². The van der Waals surface area contributed by atoms with Crippen LogP contribution in [0.25, 0.3) is 0 Å². The van der Waals surface area contributed by atoms with Crippen molar-refractivity contribution in [2.24, 2.45) is 0 Å². The molecule has 2 atom stereocenters. The summed E-state index contributed by atoms with van der Waals surface area (Å²) >= 11 is 0. The Morgan fingerprint density at radius 1 is 1.10 bits per heavy atom. The summed E-state index contributed by atoms with van der Waals surface area (Å²) in [6.45, 7) is 1.89. The summed E-state index contributed by atoms with van der Waals surface area (Å²) in [6.07, 6.45) is -3.78. The van der Waals surface area contributed by atoms with Crippen molar-refractivity contribution in [3.63, 3.8) is 0 Å². The van der Waals surface area contributed by atoms with E-state index in [1.165, 1.54) is 0 Å². The molecule has 9 heteroatoms. The molecule has 0 aliphatic heterocycles. The number of carbonyl (C=O) groups is 1. The molecule has 0 heterocycles. The lowest BCUT2D eigenvalue weighted by Gasteiger charge is -2.21. The summed E-state index contributed by atoms with van der Waals surface area (Å²) in [6, 6.07) is 13.0. The van der Waals surface area contributed by atoms with Crippen molar-refractivity contribution in [2.75, 3.05) is 19.0 Å². The zero-order valence-electron chi connectivity index (χ0n) is 17.5. The van der Waals surface area contributed by atoms with Gasteiger partial charge < -0.3 is 20.1 Å². The average Bonchev–Trinajstić information content (AvgIpc) is 2.73. The number of hydrogen-bond donors (Lipinski definition) is 2. The van der Waals surface area contributed by atoms with E-state index in [0.717, 1.165) is 5.56 Å². The van der Waals surface area contributed by atoms with Gasteiger partial charge >= 0.3 is 12.3 Å². The van der Waals surface area contributed by atoms with Crippen LogP contribution in [0.15, 0.2) is 48.5 Å². The summed E-state index contributed by atoms with van der Waals surface area (Å²) < 4.78 is 60.2. The SMILES string of the molecule is COc1ccccc1C(C)NC(=O)C(C)Nc1cccc(COCC(F)(F)C(F)F)c1. The molecule has 31 heavy (non-hydrogen) atoms. The molecule has 0 saturated carbocycles. The van der Waals surface area contributed by atoms with Gasteiger partial charge in [0.15, 0.2) is 0 Å². The minimum Gasteiger partial charge on any atom is -0.496 e. The van der Waals surface area contributed by atoms with E-state index < -0.39 is 25.0 Å². The number of ether oxygens (including phenoxy) is 2. The van der Waals surface area contributed by atoms with Gasteiger partial charge in [-0.1, -0.05) is 30.3 Å². The first-order valence-corrected chi connectivity index (χ1v) is 9.66. The fraction of sp³-hybridized carbons (Fsp3) is 0.409. The molecule has 2 rings (SSSR count). The van der Waals surface area contributed by atoms with Crippen molar-refractivity contribution >= 4 is 11.6 Å². The van der Waals surface area contributed by atoms with Crippen LogP contribution in [0.2, 0.25) is 0 Å². The standard InChI is InChI=1S/C22H26F4N2O3/c1-14(18-9-4-5-10-19(18)30-3)28-20(29)15(2)27-17-8-6-7-16(11-17)12-31-13-22(25,26)21(23)24/h4-11,14-15,21,27H,12-13H2,1-3H3,(H,28,29). The maximum absolute atomic E-state index is 12.9. The van der Waals surface area contributed by atoms with Crippen molar-refractivity contribution in [2.45, 2.75) is 44.9 Å². The van der Waals surface area contributed by atoms with Crippen LogP contribution in [-0.2, 0) is 16.1 Å². The number of hydrogen-bond acceptors (Lipinski definition) is 4. The lowest BCUT2D eigenvalue weighted by Crippen LogP contribution is -2.39. The number of anilines is 1. The third-order valence-corrected chi connectivity index (χ3v) is 4.55. The van der Waals surface area contributed by atoms with E-state index in [9.17, 15) is 22.4 Å². The van der Waals surface area contributed by atoms with Gasteiger partial charge in [-0.15, -0.1) is 0 Å². The lowest BCUT2D eigenvalue weighted by atomic mass is 10.1. The molecule has 5 nitrogen and oxygen atoms in total. The molecule has 0 fully saturated rings. The number of rotatable bonds is 11. The van der Waals surface area contributed by atoms with Crippen molar-refractivity contribution in [3.05, 3.63) is 59.7 Å². The Kier molecular flexibility index (Phi) is 8.67. The molecular formula is C22H26F4N2O3. The molecular weight excluding hydrogens is 416 g/mol. The van der Waals surface area contributed by atoms with Gasteiger partial charge in [0.25, 0.3) is 0 Å². The quantitative estimate of drug-likeness (QED) is 0.492. The molecule has 0 saturated heterocycles. The van der Waals surface area contributed by atoms with Crippen molar-refractivity contribution in [3.8, 4) is 5.75 Å². The van der Waals surface area contributed by atoms with Gasteiger partial charge in [-0.3, -0.25) is 4.79 Å². The highest BCUT2D eigenvalue weighted by Crippen LogP contribution is 2.25. The summed E-state index contributed by atoms with van der Waals surface area (Å²) in [5.74, 6) is -3.78. The van der Waals surface area contributed by atoms with Gasteiger partial charge in [0.2, 0.25) is 5.91 Å². The number of benzene rings is 2. The fourth-order valence-corrected chi connectivity index (χ4v) is 2.87. The molecule has 0 aliphatic carbocycles. The molecule has 0 spiro atoms. The molecule has 2 aromatic rings. The molecule has 0 bridgehead atoms. The number of methoxy groups -OCH3 is 1. The number of alkyl halides is 4. The Morgan fingerprint density at radius 2 is 1.81 bits per heavy atom. The van der Waals surface area contributed by atoms with E-state index in [0.29, 0.717) is 17.0 Å². The summed E-state index contributed by atoms with van der Waals surface area (Å²) in [5.41, 5.74) is 1.91. The Bertz CT molecular complexity index is 864. The predicted molar refractivity (Wildman–Crippen MR) is 110 cm³/mol. The van der Waals surface area contributed by atoms with Gasteiger partial charge in [-0.05, 0) is 37.6 Å². The smallest absolute Gasteiger partial charge is 0.330 e. The Labute approximate surface area is 178 Å². The third kappa shape index (κ3) is 7.13. The van der Waals surface area contributed by atoms with E-state index in [1.54, 1.807) is 38.3 Å². The van der Waals surface area contributed by atoms with Gasteiger partial charge in [0.05, 0.1) is 19.8 Å². The van der Waals surface area contributed by atoms with E-state index in [4.69, 9.17) is 9.47 Å². The van der Waals surface area contributed by atoms with Crippen LogP contribution in [0, 0.1) is 0 Å². The van der Waals surface area contributed by atoms with Crippen LogP contribution < -0.4 is 15.4 Å². The molecule has 2 unspecified atom stereocenters. The first-order chi connectivity index (χ1) is 14.6. The van der Waals surface area contributed by atoms with E-state index >= 15 is 0 Å². The number of carbonyl (C=O) groups excluding carboxylic acids is 1.